The van der Waals surface area contributed by atoms with E-state index in [-0.39, 0.29) is 17.3 Å². The van der Waals surface area contributed by atoms with Crippen LogP contribution in [0.4, 0.5) is 11.4 Å². The number of rotatable bonds is 5. The van der Waals surface area contributed by atoms with Crippen molar-refractivity contribution in [3.8, 4) is 5.75 Å². The molecule has 0 aliphatic carbocycles. The van der Waals surface area contributed by atoms with Crippen LogP contribution in [0.1, 0.15) is 12.5 Å². The lowest BCUT2D eigenvalue weighted by atomic mass is 10.1. The van der Waals surface area contributed by atoms with Crippen LogP contribution in [0.2, 0.25) is 0 Å². The van der Waals surface area contributed by atoms with Crippen LogP contribution in [0, 0.1) is 0 Å². The number of sulfonamides is 2. The quantitative estimate of drug-likeness (QED) is 0.735. The summed E-state index contributed by atoms with van der Waals surface area (Å²) in [5.41, 5.74) is 1.42. The molecule has 0 bridgehead atoms. The first-order chi connectivity index (χ1) is 13.1. The van der Waals surface area contributed by atoms with E-state index in [4.69, 9.17) is 9.88 Å². The lowest BCUT2D eigenvalue weighted by Gasteiger charge is -2.20. The fraction of sp³-hybridized carbons (Fsp3) is 0.235. The van der Waals surface area contributed by atoms with Gasteiger partial charge in [-0.2, -0.15) is 0 Å². The third-order valence-corrected chi connectivity index (χ3v) is 6.89. The van der Waals surface area contributed by atoms with E-state index in [1.165, 1.54) is 37.1 Å². The number of para-hydroxylation sites is 1. The maximum Gasteiger partial charge on any atom is 0.267 e. The van der Waals surface area contributed by atoms with Crippen molar-refractivity contribution in [1.82, 2.24) is 0 Å². The molecule has 0 aromatic heterocycles. The first-order valence-electron chi connectivity index (χ1n) is 8.19. The number of methoxy groups -OCH3 is 1. The van der Waals surface area contributed by atoms with Gasteiger partial charge in [0.2, 0.25) is 15.9 Å². The van der Waals surface area contributed by atoms with Gasteiger partial charge in [-0.25, -0.2) is 22.0 Å². The molecule has 0 radical (unpaired) electrons. The summed E-state index contributed by atoms with van der Waals surface area (Å²) in [7, 11) is -7.53. The fourth-order valence-corrected chi connectivity index (χ4v) is 5.80. The Labute approximate surface area is 163 Å². The molecule has 1 aliphatic rings. The molecule has 11 heteroatoms. The van der Waals surface area contributed by atoms with Crippen molar-refractivity contribution >= 4 is 37.3 Å². The monoisotopic (exact) mass is 425 g/mol. The van der Waals surface area contributed by atoms with Gasteiger partial charge in [-0.05, 0) is 30.2 Å². The van der Waals surface area contributed by atoms with Crippen LogP contribution in [0.25, 0.3) is 0 Å². The summed E-state index contributed by atoms with van der Waals surface area (Å²) in [4.78, 5) is 12.2. The molecular formula is C17H19N3O6S2. The van der Waals surface area contributed by atoms with Gasteiger partial charge in [0.15, 0.2) is 0 Å². The van der Waals surface area contributed by atoms with E-state index in [9.17, 15) is 21.6 Å². The molecule has 0 unspecified atom stereocenters. The van der Waals surface area contributed by atoms with Crippen LogP contribution in [0.15, 0.2) is 46.2 Å². The van der Waals surface area contributed by atoms with Gasteiger partial charge in [0, 0.05) is 13.5 Å². The van der Waals surface area contributed by atoms with E-state index in [1.807, 2.05) is 0 Å². The van der Waals surface area contributed by atoms with Gasteiger partial charge in [-0.15, -0.1) is 0 Å². The molecule has 1 aliphatic heterocycles. The lowest BCUT2D eigenvalue weighted by molar-refractivity contribution is -0.116. The number of hydrogen-bond acceptors (Lipinski definition) is 6. The second-order valence-electron chi connectivity index (χ2n) is 6.17. The Kier molecular flexibility index (Phi) is 5.08. The number of ether oxygens (including phenoxy) is 1. The highest BCUT2D eigenvalue weighted by Crippen LogP contribution is 2.38. The molecule has 0 atom stereocenters. The van der Waals surface area contributed by atoms with Crippen molar-refractivity contribution in [2.75, 3.05) is 23.3 Å². The van der Waals surface area contributed by atoms with Gasteiger partial charge in [0.05, 0.1) is 18.5 Å². The van der Waals surface area contributed by atoms with Gasteiger partial charge in [-0.3, -0.25) is 9.52 Å². The summed E-state index contributed by atoms with van der Waals surface area (Å²) < 4.78 is 57.5. The summed E-state index contributed by atoms with van der Waals surface area (Å²) >= 11 is 0. The van der Waals surface area contributed by atoms with Crippen molar-refractivity contribution in [2.45, 2.75) is 23.1 Å². The summed E-state index contributed by atoms with van der Waals surface area (Å²) in [6.45, 7) is 1.82. The van der Waals surface area contributed by atoms with E-state index in [0.717, 1.165) is 11.6 Å². The van der Waals surface area contributed by atoms with Gasteiger partial charge < -0.3 is 9.64 Å². The first-order valence-corrected chi connectivity index (χ1v) is 11.2. The van der Waals surface area contributed by atoms with Crippen molar-refractivity contribution in [3.05, 3.63) is 42.0 Å². The molecule has 3 rings (SSSR count). The minimum absolute atomic E-state index is 0.163. The van der Waals surface area contributed by atoms with Crippen LogP contribution >= 0.6 is 0 Å². The zero-order chi connectivity index (χ0) is 20.7. The highest BCUT2D eigenvalue weighted by Gasteiger charge is 2.32. The molecule has 150 valence electrons. The maximum absolute atomic E-state index is 13.1. The highest BCUT2D eigenvalue weighted by molar-refractivity contribution is 7.94. The minimum atomic E-state index is -4.41. The Hall–Kier alpha value is -2.63. The molecule has 1 heterocycles. The van der Waals surface area contributed by atoms with Crippen molar-refractivity contribution in [1.29, 1.82) is 0 Å². The first kappa shape index (κ1) is 20.1. The number of nitrogens with zero attached hydrogens (tertiary/aromatic N) is 1. The minimum Gasteiger partial charge on any atom is -0.495 e. The molecule has 2 aromatic rings. The largest absolute Gasteiger partial charge is 0.495 e. The highest BCUT2D eigenvalue weighted by atomic mass is 32.2. The fourth-order valence-electron chi connectivity index (χ4n) is 3.19. The van der Waals surface area contributed by atoms with E-state index in [2.05, 4.69) is 4.72 Å². The Morgan fingerprint density at radius 3 is 2.43 bits per heavy atom. The number of carbonyl (C=O) groups is 1. The Balaban J connectivity index is 2.17. The van der Waals surface area contributed by atoms with Gasteiger partial charge in [0.25, 0.3) is 10.0 Å². The number of fused-ring (bicyclic) bond motifs is 1. The van der Waals surface area contributed by atoms with Crippen LogP contribution in [0.5, 0.6) is 5.75 Å². The maximum atomic E-state index is 13.1. The number of anilines is 2. The standard InChI is InChI=1S/C17H19N3O6S2/c1-11(21)20-10-9-12-5-3-6-13(16(12)20)19-28(24,25)17-14(26-2)7-4-8-15(17)27(18,22)23/h3-8,19H,9-10H2,1-2H3,(H2,18,22,23). The molecule has 0 saturated carbocycles. The van der Waals surface area contributed by atoms with Crippen molar-refractivity contribution < 1.29 is 26.4 Å². The average Bonchev–Trinajstić information content (AvgIpc) is 3.05. The molecule has 1 amide bonds. The lowest BCUT2D eigenvalue weighted by Crippen LogP contribution is -2.27. The third-order valence-electron chi connectivity index (χ3n) is 4.36. The van der Waals surface area contributed by atoms with Gasteiger partial charge in [0.1, 0.15) is 15.5 Å². The van der Waals surface area contributed by atoms with Crippen LogP contribution in [-0.4, -0.2) is 36.4 Å². The number of nitrogens with two attached hydrogens (primary N) is 1. The zero-order valence-corrected chi connectivity index (χ0v) is 16.8. The topological polar surface area (TPSA) is 136 Å². The number of benzene rings is 2. The number of nitrogens with one attached hydrogen (secondary N) is 1. The summed E-state index contributed by atoms with van der Waals surface area (Å²) in [5.74, 6) is -0.400. The second kappa shape index (κ2) is 7.08. The van der Waals surface area contributed by atoms with Crippen molar-refractivity contribution in [3.63, 3.8) is 0 Å². The van der Waals surface area contributed by atoms with E-state index < -0.39 is 29.8 Å². The van der Waals surface area contributed by atoms with Crippen LogP contribution in [-0.2, 0) is 31.3 Å². The second-order valence-corrected chi connectivity index (χ2v) is 9.32. The van der Waals surface area contributed by atoms with E-state index in [1.54, 1.807) is 12.1 Å². The van der Waals surface area contributed by atoms with Crippen LogP contribution in [0.3, 0.4) is 0 Å². The van der Waals surface area contributed by atoms with E-state index in [0.29, 0.717) is 18.7 Å². The molecule has 0 fully saturated rings. The molecule has 2 aromatic carbocycles. The predicted octanol–water partition coefficient (Wildman–Crippen LogP) is 1.05. The summed E-state index contributed by atoms with van der Waals surface area (Å²) in [5, 5.41) is 5.19. The molecule has 9 nitrogen and oxygen atoms in total. The predicted molar refractivity (Wildman–Crippen MR) is 103 cm³/mol. The van der Waals surface area contributed by atoms with Crippen molar-refractivity contribution in [2.24, 2.45) is 5.14 Å². The van der Waals surface area contributed by atoms with Gasteiger partial charge >= 0.3 is 0 Å². The Morgan fingerprint density at radius 1 is 1.14 bits per heavy atom. The number of carbonyl (C=O) groups excluding carboxylic acids is 1. The third kappa shape index (κ3) is 3.55. The zero-order valence-electron chi connectivity index (χ0n) is 15.2. The average molecular weight is 425 g/mol. The normalized spacial score (nSPS) is 13.9. The number of primary sulfonamides is 1. The Bertz CT molecular complexity index is 1160. The Morgan fingerprint density at radius 2 is 1.82 bits per heavy atom. The molecule has 3 N–H and O–H groups in total. The smallest absolute Gasteiger partial charge is 0.267 e. The summed E-state index contributed by atoms with van der Waals surface area (Å²) in [6.07, 6.45) is 0.585. The summed E-state index contributed by atoms with van der Waals surface area (Å²) in [6, 6.07) is 8.70. The molecular weight excluding hydrogens is 406 g/mol. The SMILES string of the molecule is COc1cccc(S(N)(=O)=O)c1S(=O)(=O)Nc1cccc2c1N(C(C)=O)CC2. The molecule has 0 saturated heterocycles. The van der Waals surface area contributed by atoms with Gasteiger partial charge in [-0.1, -0.05) is 18.2 Å². The van der Waals surface area contributed by atoms with Crippen LogP contribution < -0.4 is 19.5 Å². The number of amides is 1. The molecule has 0 spiro atoms. The molecule has 28 heavy (non-hydrogen) atoms. The number of hydrogen-bond donors (Lipinski definition) is 2. The van der Waals surface area contributed by atoms with E-state index >= 15 is 0 Å².